The van der Waals surface area contributed by atoms with Gasteiger partial charge in [0.05, 0.1) is 4.92 Å². The van der Waals surface area contributed by atoms with E-state index in [1.807, 2.05) is 6.07 Å². The van der Waals surface area contributed by atoms with Gasteiger partial charge >= 0.3 is 0 Å². The van der Waals surface area contributed by atoms with E-state index >= 15 is 0 Å². The average molecular weight is 263 g/mol. The Bertz CT molecular complexity index is 466. The summed E-state index contributed by atoms with van der Waals surface area (Å²) >= 11 is 0. The first-order valence-corrected chi connectivity index (χ1v) is 6.71. The number of nitrogen functional groups attached to an aromatic ring is 1. The van der Waals surface area contributed by atoms with E-state index in [2.05, 4.69) is 18.7 Å². The molecule has 1 aromatic carbocycles. The summed E-state index contributed by atoms with van der Waals surface area (Å²) < 4.78 is 0. The third-order valence-corrected chi connectivity index (χ3v) is 3.71. The largest absolute Gasteiger partial charge is 0.393 e. The number of hydrogen-bond donors (Lipinski definition) is 1. The molecular formula is C14H21N3O2. The highest BCUT2D eigenvalue weighted by Crippen LogP contribution is 2.28. The standard InChI is InChI=1S/C14H21N3O2/c1-10-6-11(2)8-16(7-10)9-12-4-3-5-13(14(12)15)17(18)19/h3-5,10-11H,6-9,15H2,1-2H3. The molecule has 0 saturated carbocycles. The molecule has 0 aromatic heterocycles. The number of para-hydroxylation sites is 1. The first-order chi connectivity index (χ1) is 8.97. The molecule has 5 nitrogen and oxygen atoms in total. The van der Waals surface area contributed by atoms with Gasteiger partial charge in [0, 0.05) is 25.7 Å². The number of anilines is 1. The molecule has 2 atom stereocenters. The summed E-state index contributed by atoms with van der Waals surface area (Å²) in [6.45, 7) is 7.26. The maximum atomic E-state index is 10.9. The van der Waals surface area contributed by atoms with Crippen LogP contribution in [0.5, 0.6) is 0 Å². The van der Waals surface area contributed by atoms with Gasteiger partial charge in [-0.25, -0.2) is 0 Å². The predicted molar refractivity (Wildman–Crippen MR) is 75.7 cm³/mol. The van der Waals surface area contributed by atoms with Crippen molar-refractivity contribution in [3.8, 4) is 0 Å². The molecule has 2 unspecified atom stereocenters. The van der Waals surface area contributed by atoms with Crippen LogP contribution in [-0.2, 0) is 6.54 Å². The van der Waals surface area contributed by atoms with Gasteiger partial charge in [-0.3, -0.25) is 15.0 Å². The number of nitro groups is 1. The first kappa shape index (κ1) is 13.8. The van der Waals surface area contributed by atoms with Crippen LogP contribution in [0.3, 0.4) is 0 Å². The molecule has 1 saturated heterocycles. The minimum absolute atomic E-state index is 0.00982. The molecule has 5 heteroatoms. The third kappa shape index (κ3) is 3.23. The van der Waals surface area contributed by atoms with Crippen LogP contribution in [0.1, 0.15) is 25.8 Å². The lowest BCUT2D eigenvalue weighted by Crippen LogP contribution is -2.38. The van der Waals surface area contributed by atoms with E-state index in [9.17, 15) is 10.1 Å². The SMILES string of the molecule is CC1CC(C)CN(Cc2cccc([N+](=O)[O-])c2N)C1. The highest BCUT2D eigenvalue weighted by molar-refractivity contribution is 5.62. The Balaban J connectivity index is 2.15. The second-order valence-electron chi connectivity index (χ2n) is 5.75. The fourth-order valence-electron chi connectivity index (χ4n) is 3.06. The van der Waals surface area contributed by atoms with Gasteiger partial charge in [0.15, 0.2) is 0 Å². The minimum atomic E-state index is -0.416. The molecular weight excluding hydrogens is 242 g/mol. The molecule has 1 aromatic rings. The van der Waals surface area contributed by atoms with Crippen LogP contribution in [0.15, 0.2) is 18.2 Å². The second-order valence-corrected chi connectivity index (χ2v) is 5.75. The highest BCUT2D eigenvalue weighted by atomic mass is 16.6. The van der Waals surface area contributed by atoms with E-state index < -0.39 is 4.92 Å². The summed E-state index contributed by atoms with van der Waals surface area (Å²) in [5, 5.41) is 10.9. The number of nitrogens with two attached hydrogens (primary N) is 1. The first-order valence-electron chi connectivity index (χ1n) is 6.71. The van der Waals surface area contributed by atoms with Gasteiger partial charge < -0.3 is 5.73 Å². The van der Waals surface area contributed by atoms with Crippen LogP contribution >= 0.6 is 0 Å². The monoisotopic (exact) mass is 263 g/mol. The van der Waals surface area contributed by atoms with Gasteiger partial charge in [-0.05, 0) is 23.8 Å². The van der Waals surface area contributed by atoms with Crippen LogP contribution in [0, 0.1) is 22.0 Å². The summed E-state index contributed by atoms with van der Waals surface area (Å²) in [5.41, 5.74) is 7.07. The third-order valence-electron chi connectivity index (χ3n) is 3.71. The van der Waals surface area contributed by atoms with Crippen LogP contribution in [0.4, 0.5) is 11.4 Å². The lowest BCUT2D eigenvalue weighted by molar-refractivity contribution is -0.384. The fraction of sp³-hybridized carbons (Fsp3) is 0.571. The Morgan fingerprint density at radius 3 is 2.58 bits per heavy atom. The van der Waals surface area contributed by atoms with Crippen molar-refractivity contribution in [1.29, 1.82) is 0 Å². The maximum Gasteiger partial charge on any atom is 0.292 e. The Kier molecular flexibility index (Phi) is 4.04. The van der Waals surface area contributed by atoms with E-state index in [4.69, 9.17) is 5.73 Å². The number of nitro benzene ring substituents is 1. The fourth-order valence-corrected chi connectivity index (χ4v) is 3.06. The maximum absolute atomic E-state index is 10.9. The lowest BCUT2D eigenvalue weighted by atomic mass is 9.91. The van der Waals surface area contributed by atoms with Gasteiger partial charge in [0.1, 0.15) is 5.69 Å². The van der Waals surface area contributed by atoms with Gasteiger partial charge in [-0.15, -0.1) is 0 Å². The Hall–Kier alpha value is -1.62. The van der Waals surface area contributed by atoms with Crippen molar-refractivity contribution in [2.45, 2.75) is 26.8 Å². The molecule has 2 rings (SSSR count). The summed E-state index contributed by atoms with van der Waals surface area (Å²) in [4.78, 5) is 12.8. The van der Waals surface area contributed by atoms with Gasteiger partial charge in [0.2, 0.25) is 0 Å². The minimum Gasteiger partial charge on any atom is -0.393 e. The molecule has 1 aliphatic rings. The van der Waals surface area contributed by atoms with Crippen molar-refractivity contribution in [1.82, 2.24) is 4.90 Å². The topological polar surface area (TPSA) is 72.4 Å². The summed E-state index contributed by atoms with van der Waals surface area (Å²) in [7, 11) is 0. The molecule has 1 heterocycles. The van der Waals surface area contributed by atoms with Gasteiger partial charge in [0.25, 0.3) is 5.69 Å². The summed E-state index contributed by atoms with van der Waals surface area (Å²) in [6, 6.07) is 5.05. The predicted octanol–water partition coefficient (Wildman–Crippen LogP) is 2.65. The van der Waals surface area contributed by atoms with E-state index in [1.165, 1.54) is 12.5 Å². The van der Waals surface area contributed by atoms with Crippen molar-refractivity contribution in [3.05, 3.63) is 33.9 Å². The van der Waals surface area contributed by atoms with Crippen molar-refractivity contribution in [3.63, 3.8) is 0 Å². The summed E-state index contributed by atoms with van der Waals surface area (Å²) in [6.07, 6.45) is 1.25. The lowest BCUT2D eigenvalue weighted by Gasteiger charge is -2.35. The zero-order valence-corrected chi connectivity index (χ0v) is 11.5. The Morgan fingerprint density at radius 1 is 1.37 bits per heavy atom. The highest BCUT2D eigenvalue weighted by Gasteiger charge is 2.23. The van der Waals surface area contributed by atoms with Gasteiger partial charge in [-0.1, -0.05) is 26.0 Å². The quantitative estimate of drug-likeness (QED) is 0.517. The van der Waals surface area contributed by atoms with Crippen LogP contribution in [0.25, 0.3) is 0 Å². The molecule has 1 aliphatic heterocycles. The number of hydrogen-bond acceptors (Lipinski definition) is 4. The van der Waals surface area contributed by atoms with Crippen molar-refractivity contribution >= 4 is 11.4 Å². The average Bonchev–Trinajstić information content (AvgIpc) is 2.30. The molecule has 2 N–H and O–H groups in total. The molecule has 0 amide bonds. The zero-order chi connectivity index (χ0) is 14.0. The van der Waals surface area contributed by atoms with Crippen molar-refractivity contribution < 1.29 is 4.92 Å². The van der Waals surface area contributed by atoms with Crippen LogP contribution < -0.4 is 5.73 Å². The zero-order valence-electron chi connectivity index (χ0n) is 11.5. The molecule has 0 aliphatic carbocycles. The molecule has 0 bridgehead atoms. The molecule has 1 fully saturated rings. The number of piperidine rings is 1. The molecule has 0 spiro atoms. The molecule has 0 radical (unpaired) electrons. The van der Waals surface area contributed by atoms with Crippen molar-refractivity contribution in [2.24, 2.45) is 11.8 Å². The number of rotatable bonds is 3. The smallest absolute Gasteiger partial charge is 0.292 e. The van der Waals surface area contributed by atoms with Crippen LogP contribution in [0.2, 0.25) is 0 Å². The van der Waals surface area contributed by atoms with E-state index in [0.29, 0.717) is 24.1 Å². The molecule has 19 heavy (non-hydrogen) atoms. The van der Waals surface area contributed by atoms with Crippen LogP contribution in [-0.4, -0.2) is 22.9 Å². The van der Waals surface area contributed by atoms with Gasteiger partial charge in [-0.2, -0.15) is 0 Å². The van der Waals surface area contributed by atoms with E-state index in [1.54, 1.807) is 6.07 Å². The number of benzene rings is 1. The number of likely N-dealkylation sites (tertiary alicyclic amines) is 1. The number of nitrogens with zero attached hydrogens (tertiary/aromatic N) is 2. The second kappa shape index (κ2) is 5.57. The Labute approximate surface area is 113 Å². The summed E-state index contributed by atoms with van der Waals surface area (Å²) in [5.74, 6) is 1.34. The molecule has 104 valence electrons. The normalized spacial score (nSPS) is 24.3. The van der Waals surface area contributed by atoms with E-state index in [0.717, 1.165) is 18.7 Å². The van der Waals surface area contributed by atoms with E-state index in [-0.39, 0.29) is 5.69 Å². The Morgan fingerprint density at radius 2 is 2.00 bits per heavy atom. The van der Waals surface area contributed by atoms with Crippen molar-refractivity contribution in [2.75, 3.05) is 18.8 Å².